The lowest BCUT2D eigenvalue weighted by atomic mass is 9.94. The number of hydrogen-bond acceptors (Lipinski definition) is 3. The van der Waals surface area contributed by atoms with Gasteiger partial charge in [0, 0.05) is 17.5 Å². The Bertz CT molecular complexity index is 590. The number of aliphatic hydroxyl groups is 1. The van der Waals surface area contributed by atoms with Crippen LogP contribution in [0.5, 0.6) is 0 Å². The van der Waals surface area contributed by atoms with Crippen LogP contribution in [0.3, 0.4) is 0 Å². The second-order valence-electron chi connectivity index (χ2n) is 5.89. The average Bonchev–Trinajstić information content (AvgIpc) is 2.38. The highest BCUT2D eigenvalue weighted by molar-refractivity contribution is 5.64. The minimum absolute atomic E-state index is 0.178. The summed E-state index contributed by atoms with van der Waals surface area (Å²) in [6.07, 6.45) is 1.87. The van der Waals surface area contributed by atoms with Crippen LogP contribution in [0.1, 0.15) is 38.9 Å². The summed E-state index contributed by atoms with van der Waals surface area (Å²) in [5.41, 5.74) is -1.29. The molecule has 22 heavy (non-hydrogen) atoms. The quantitative estimate of drug-likeness (QED) is 0.863. The third-order valence-electron chi connectivity index (χ3n) is 3.22. The smallest absolute Gasteiger partial charge is 0.137 e. The molecule has 4 nitrogen and oxygen atoms in total. The first-order valence-corrected chi connectivity index (χ1v) is 6.66. The monoisotopic (exact) mass is 310 g/mol. The standard InChI is InChI=1S/C16H19F2NO3/c1-5-6-13(19(15(21)22)16(2,3)4)14(20)11-9-10(17)7-8-12(11)18/h1,7-9,13-14,20H,6H2,2-4H3,(H,21,22)/p-1/t13-,14-/m0/s1. The van der Waals surface area contributed by atoms with Crippen molar-refractivity contribution < 1.29 is 23.8 Å². The summed E-state index contributed by atoms with van der Waals surface area (Å²) < 4.78 is 27.1. The van der Waals surface area contributed by atoms with E-state index >= 15 is 0 Å². The molecule has 0 spiro atoms. The van der Waals surface area contributed by atoms with Gasteiger partial charge in [-0.2, -0.15) is 0 Å². The summed E-state index contributed by atoms with van der Waals surface area (Å²) in [7, 11) is 0. The molecule has 0 bridgehead atoms. The Balaban J connectivity index is 3.32. The maximum Gasteiger partial charge on any atom is 0.137 e. The molecule has 120 valence electrons. The number of carbonyl (C=O) groups is 1. The number of benzene rings is 1. The normalized spacial score (nSPS) is 14.0. The number of terminal acetylenes is 1. The third kappa shape index (κ3) is 3.95. The summed E-state index contributed by atoms with van der Waals surface area (Å²) in [5.74, 6) is 0.662. The van der Waals surface area contributed by atoms with Gasteiger partial charge in [0.1, 0.15) is 23.8 Å². The Morgan fingerprint density at radius 1 is 1.45 bits per heavy atom. The van der Waals surface area contributed by atoms with Crippen molar-refractivity contribution in [3.05, 3.63) is 35.4 Å². The number of rotatable bonds is 4. The molecule has 0 unspecified atom stereocenters. The van der Waals surface area contributed by atoms with Gasteiger partial charge in [-0.15, -0.1) is 12.3 Å². The molecule has 0 fully saturated rings. The first-order chi connectivity index (χ1) is 10.1. The highest BCUT2D eigenvalue weighted by Gasteiger charge is 2.35. The third-order valence-corrected chi connectivity index (χ3v) is 3.22. The molecule has 6 heteroatoms. The van der Waals surface area contributed by atoms with Gasteiger partial charge in [-0.25, -0.2) is 8.78 Å². The van der Waals surface area contributed by atoms with Crippen LogP contribution in [0.4, 0.5) is 13.6 Å². The molecule has 1 rings (SSSR count). The van der Waals surface area contributed by atoms with Gasteiger partial charge in [-0.1, -0.05) is 0 Å². The van der Waals surface area contributed by atoms with E-state index in [9.17, 15) is 23.8 Å². The Kier molecular flexibility index (Phi) is 5.50. The zero-order valence-corrected chi connectivity index (χ0v) is 12.6. The van der Waals surface area contributed by atoms with E-state index in [0.717, 1.165) is 23.1 Å². The van der Waals surface area contributed by atoms with E-state index in [2.05, 4.69) is 5.92 Å². The van der Waals surface area contributed by atoms with Crippen LogP contribution >= 0.6 is 0 Å². The molecule has 2 atom stereocenters. The molecule has 0 aliphatic carbocycles. The molecule has 1 aromatic rings. The van der Waals surface area contributed by atoms with Crippen molar-refractivity contribution >= 4 is 6.09 Å². The largest absolute Gasteiger partial charge is 0.530 e. The Morgan fingerprint density at radius 2 is 2.05 bits per heavy atom. The fourth-order valence-corrected chi connectivity index (χ4v) is 2.32. The highest BCUT2D eigenvalue weighted by Crippen LogP contribution is 2.30. The molecule has 0 radical (unpaired) electrons. The van der Waals surface area contributed by atoms with Gasteiger partial charge in [0.25, 0.3) is 0 Å². The Labute approximate surface area is 128 Å². The number of halogens is 2. The zero-order valence-electron chi connectivity index (χ0n) is 12.6. The van der Waals surface area contributed by atoms with Crippen molar-refractivity contribution in [3.63, 3.8) is 0 Å². The van der Waals surface area contributed by atoms with Gasteiger partial charge < -0.3 is 19.9 Å². The summed E-state index contributed by atoms with van der Waals surface area (Å²) in [6, 6.07) is 1.43. The maximum atomic E-state index is 13.8. The van der Waals surface area contributed by atoms with Crippen LogP contribution in [0.15, 0.2) is 18.2 Å². The molecule has 0 aliphatic rings. The van der Waals surface area contributed by atoms with Gasteiger partial charge in [-0.05, 0) is 39.0 Å². The first kappa shape index (κ1) is 17.9. The molecular formula is C16H18F2NO3-. The Morgan fingerprint density at radius 3 is 2.50 bits per heavy atom. The molecule has 1 amide bonds. The molecule has 1 N–H and O–H groups in total. The van der Waals surface area contributed by atoms with Crippen molar-refractivity contribution in [1.82, 2.24) is 4.90 Å². The van der Waals surface area contributed by atoms with Crippen LogP contribution in [0.25, 0.3) is 0 Å². The van der Waals surface area contributed by atoms with Crippen molar-refractivity contribution in [2.45, 2.75) is 44.9 Å². The second-order valence-corrected chi connectivity index (χ2v) is 5.89. The minimum atomic E-state index is -1.62. The average molecular weight is 310 g/mol. The van der Waals surface area contributed by atoms with E-state index in [-0.39, 0.29) is 12.0 Å². The first-order valence-electron chi connectivity index (χ1n) is 6.66. The van der Waals surface area contributed by atoms with Gasteiger partial charge >= 0.3 is 0 Å². The fraction of sp³-hybridized carbons (Fsp3) is 0.438. The number of carbonyl (C=O) groups excluding carboxylic acids is 1. The van der Waals surface area contributed by atoms with Crippen molar-refractivity contribution in [1.29, 1.82) is 0 Å². The lowest BCUT2D eigenvalue weighted by Gasteiger charge is -2.45. The molecule has 0 saturated heterocycles. The lowest BCUT2D eigenvalue weighted by Crippen LogP contribution is -2.58. The van der Waals surface area contributed by atoms with Crippen molar-refractivity contribution in [3.8, 4) is 12.3 Å². The molecule has 0 aliphatic heterocycles. The molecular weight excluding hydrogens is 292 g/mol. The fourth-order valence-electron chi connectivity index (χ4n) is 2.32. The molecule has 0 aromatic heterocycles. The van der Waals surface area contributed by atoms with Crippen LogP contribution in [-0.4, -0.2) is 27.7 Å². The summed E-state index contributed by atoms with van der Waals surface area (Å²) in [4.78, 5) is 12.3. The van der Waals surface area contributed by atoms with E-state index in [1.165, 1.54) is 0 Å². The number of carboxylic acid groups (broad SMARTS) is 1. The van der Waals surface area contributed by atoms with Gasteiger partial charge in [0.2, 0.25) is 0 Å². The number of amides is 1. The van der Waals surface area contributed by atoms with E-state index in [0.29, 0.717) is 0 Å². The molecule has 1 aromatic carbocycles. The lowest BCUT2D eigenvalue weighted by molar-refractivity contribution is -0.275. The van der Waals surface area contributed by atoms with Gasteiger partial charge in [0.05, 0.1) is 6.04 Å². The van der Waals surface area contributed by atoms with Crippen molar-refractivity contribution in [2.75, 3.05) is 0 Å². The summed E-state index contributed by atoms with van der Waals surface area (Å²) >= 11 is 0. The SMILES string of the molecule is C#CC[C@@H]([C@@H](O)c1cc(F)ccc1F)N(C(=O)[O-])C(C)(C)C. The Hall–Kier alpha value is -2.13. The zero-order chi connectivity index (χ0) is 17.1. The highest BCUT2D eigenvalue weighted by atomic mass is 19.1. The van der Waals surface area contributed by atoms with Crippen LogP contribution in [-0.2, 0) is 0 Å². The minimum Gasteiger partial charge on any atom is -0.530 e. The van der Waals surface area contributed by atoms with E-state index in [1.807, 2.05) is 0 Å². The van der Waals surface area contributed by atoms with Crippen molar-refractivity contribution in [2.24, 2.45) is 0 Å². The van der Waals surface area contributed by atoms with E-state index in [1.54, 1.807) is 20.8 Å². The number of aliphatic hydroxyl groups excluding tert-OH is 1. The number of hydrogen-bond donors (Lipinski definition) is 1. The van der Waals surface area contributed by atoms with Crippen LogP contribution < -0.4 is 5.11 Å². The van der Waals surface area contributed by atoms with Crippen LogP contribution in [0, 0.1) is 24.0 Å². The summed E-state index contributed by atoms with van der Waals surface area (Å²) in [5, 5.41) is 21.8. The topological polar surface area (TPSA) is 63.6 Å². The number of nitrogens with zero attached hydrogens (tertiary/aromatic N) is 1. The predicted molar refractivity (Wildman–Crippen MR) is 75.5 cm³/mol. The summed E-state index contributed by atoms with van der Waals surface area (Å²) in [6.45, 7) is 4.75. The van der Waals surface area contributed by atoms with E-state index < -0.39 is 35.4 Å². The maximum absolute atomic E-state index is 13.8. The predicted octanol–water partition coefficient (Wildman–Crippen LogP) is 1.83. The van der Waals surface area contributed by atoms with Gasteiger partial charge in [0.15, 0.2) is 0 Å². The molecule has 0 saturated carbocycles. The van der Waals surface area contributed by atoms with Crippen LogP contribution in [0.2, 0.25) is 0 Å². The van der Waals surface area contributed by atoms with Gasteiger partial charge in [-0.3, -0.25) is 0 Å². The molecule has 0 heterocycles. The van der Waals surface area contributed by atoms with E-state index in [4.69, 9.17) is 6.42 Å². The second kappa shape index (κ2) is 6.75.